The molecule has 1 saturated heterocycles. The van der Waals surface area contributed by atoms with Gasteiger partial charge in [-0.2, -0.15) is 13.2 Å². The molecule has 1 aromatic rings. The lowest BCUT2D eigenvalue weighted by Gasteiger charge is -2.28. The summed E-state index contributed by atoms with van der Waals surface area (Å²) in [5.41, 5.74) is 3.24. The van der Waals surface area contributed by atoms with Crippen molar-refractivity contribution in [2.45, 2.75) is 66.0 Å². The van der Waals surface area contributed by atoms with Crippen LogP contribution < -0.4 is 4.74 Å². The van der Waals surface area contributed by atoms with Crippen molar-refractivity contribution in [2.24, 2.45) is 0 Å². The fraction of sp³-hybridized carbons (Fsp3) is 0.464. The molecule has 0 spiro atoms. The summed E-state index contributed by atoms with van der Waals surface area (Å²) in [5, 5.41) is 8.73. The first-order valence-corrected chi connectivity index (χ1v) is 12.0. The molecule has 1 N–H and O–H groups in total. The van der Waals surface area contributed by atoms with E-state index >= 15 is 0 Å². The molecule has 2 heterocycles. The second-order valence-electron chi connectivity index (χ2n) is 8.29. The third kappa shape index (κ3) is 10.5. The molecule has 0 atom stereocenters. The van der Waals surface area contributed by atoms with E-state index in [0.717, 1.165) is 43.4 Å². The summed E-state index contributed by atoms with van der Waals surface area (Å²) in [6, 6.07) is 3.11. The monoisotopic (exact) mass is 492 g/mol. The Balaban J connectivity index is 0.000000566. The van der Waals surface area contributed by atoms with Gasteiger partial charge >= 0.3 is 6.18 Å². The van der Waals surface area contributed by atoms with Crippen LogP contribution in [0.25, 0.3) is 0 Å². The molecular weight excluding hydrogens is 453 g/mol. The number of rotatable bonds is 7. The molecule has 1 aliphatic rings. The maximum atomic E-state index is 13.4. The molecule has 0 aromatic carbocycles. The van der Waals surface area contributed by atoms with Crippen LogP contribution in [0.15, 0.2) is 76.7 Å². The van der Waals surface area contributed by atoms with Gasteiger partial charge in [0.2, 0.25) is 5.88 Å². The van der Waals surface area contributed by atoms with Gasteiger partial charge in [-0.25, -0.2) is 4.98 Å². The fourth-order valence-corrected chi connectivity index (χ4v) is 3.51. The molecule has 0 radical (unpaired) electrons. The molecule has 2 rings (SSSR count). The predicted octanol–water partition coefficient (Wildman–Crippen LogP) is 7.91. The maximum absolute atomic E-state index is 13.4. The van der Waals surface area contributed by atoms with Crippen molar-refractivity contribution in [1.29, 1.82) is 0 Å². The minimum atomic E-state index is -4.34. The Morgan fingerprint density at radius 3 is 2.43 bits per heavy atom. The van der Waals surface area contributed by atoms with Crippen molar-refractivity contribution in [1.82, 2.24) is 9.88 Å². The van der Waals surface area contributed by atoms with Gasteiger partial charge in [0.1, 0.15) is 5.75 Å². The topological polar surface area (TPSA) is 45.6 Å². The van der Waals surface area contributed by atoms with Gasteiger partial charge in [0.15, 0.2) is 0 Å². The number of hydrogen-bond donors (Lipinski definition) is 1. The summed E-state index contributed by atoms with van der Waals surface area (Å²) in [6.45, 7) is 8.60. The lowest BCUT2D eigenvalue weighted by Crippen LogP contribution is -2.23. The van der Waals surface area contributed by atoms with E-state index in [9.17, 15) is 13.2 Å². The summed E-state index contributed by atoms with van der Waals surface area (Å²) in [6.07, 6.45) is 9.61. The Hall–Kier alpha value is -2.96. The molecule has 0 unspecified atom stereocenters. The first-order chi connectivity index (χ1) is 16.6. The van der Waals surface area contributed by atoms with E-state index in [4.69, 9.17) is 9.84 Å². The van der Waals surface area contributed by atoms with Crippen molar-refractivity contribution in [3.63, 3.8) is 0 Å². The molecule has 0 bridgehead atoms. The molecule has 0 aliphatic carbocycles. The number of nitrogens with zero attached hydrogens (tertiary/aromatic N) is 2. The Bertz CT molecular complexity index is 940. The number of allylic oxidation sites excluding steroid dienone is 10. The van der Waals surface area contributed by atoms with Crippen LogP contribution in [0.3, 0.4) is 0 Å². The highest BCUT2D eigenvalue weighted by atomic mass is 19.4. The lowest BCUT2D eigenvalue weighted by molar-refractivity contribution is -0.0884. The summed E-state index contributed by atoms with van der Waals surface area (Å²) in [7, 11) is 3.58. The highest BCUT2D eigenvalue weighted by Gasteiger charge is 2.32. The number of methoxy groups -OCH3 is 1. The van der Waals surface area contributed by atoms with E-state index in [2.05, 4.69) is 23.0 Å². The molecule has 35 heavy (non-hydrogen) atoms. The maximum Gasteiger partial charge on any atom is 0.416 e. The van der Waals surface area contributed by atoms with Crippen LogP contribution in [-0.4, -0.2) is 41.9 Å². The third-order valence-electron chi connectivity index (χ3n) is 5.62. The molecule has 4 nitrogen and oxygen atoms in total. The van der Waals surface area contributed by atoms with Crippen LogP contribution >= 0.6 is 0 Å². The zero-order valence-corrected chi connectivity index (χ0v) is 21.7. The fourth-order valence-electron chi connectivity index (χ4n) is 3.51. The Labute approximate surface area is 208 Å². The number of aromatic nitrogens is 1. The van der Waals surface area contributed by atoms with Crippen LogP contribution in [0, 0.1) is 0 Å². The number of halogens is 3. The van der Waals surface area contributed by atoms with Crippen molar-refractivity contribution in [2.75, 3.05) is 20.7 Å². The molecule has 7 heteroatoms. The van der Waals surface area contributed by atoms with Crippen molar-refractivity contribution < 1.29 is 23.0 Å². The van der Waals surface area contributed by atoms with Gasteiger partial charge in [-0.15, -0.1) is 0 Å². The SMILES string of the molecule is COc1ccc(O)cn1.C\C=C/C(=C\C(=C\CC)C(F)(F)F)C(/C=C1/CCCCN1C)=C(C)CC. The Kier molecular flexibility index (Phi) is 13.0. The minimum absolute atomic E-state index is 0.149. The third-order valence-corrected chi connectivity index (χ3v) is 5.62. The standard InChI is InChI=1S/C22H32F3N.C6H7NO2/c1-6-11-18(15-19(12-7-2)22(23,24)25)21(17(4)8-3)16-20-13-9-10-14-26(20)5;1-9-6-3-2-5(8)4-7-6/h6,11-12,15-16H,7-10,13-14H2,1-5H3;2-4,8H,1H3/b11-6-,18-15+,19-12-,20-16-,21-17?;. The van der Waals surface area contributed by atoms with E-state index in [1.165, 1.54) is 37.2 Å². The largest absolute Gasteiger partial charge is 0.506 e. The molecule has 1 aliphatic heterocycles. The predicted molar refractivity (Wildman–Crippen MR) is 137 cm³/mol. The van der Waals surface area contributed by atoms with E-state index in [1.54, 1.807) is 25.1 Å². The van der Waals surface area contributed by atoms with Gasteiger partial charge in [0.05, 0.1) is 18.9 Å². The summed E-state index contributed by atoms with van der Waals surface area (Å²) in [4.78, 5) is 5.94. The first-order valence-electron chi connectivity index (χ1n) is 12.0. The van der Waals surface area contributed by atoms with Crippen molar-refractivity contribution in [3.8, 4) is 11.6 Å². The highest BCUT2D eigenvalue weighted by molar-refractivity contribution is 5.53. The molecule has 1 aromatic heterocycles. The van der Waals surface area contributed by atoms with Crippen molar-refractivity contribution in [3.05, 3.63) is 76.7 Å². The van der Waals surface area contributed by atoms with E-state index in [0.29, 0.717) is 17.9 Å². The van der Waals surface area contributed by atoms with Gasteiger partial charge < -0.3 is 14.7 Å². The number of likely N-dealkylation sites (tertiary alicyclic amines) is 1. The van der Waals surface area contributed by atoms with Gasteiger partial charge in [-0.1, -0.05) is 37.6 Å². The average Bonchev–Trinajstić information content (AvgIpc) is 2.83. The number of ether oxygens (including phenoxy) is 1. The van der Waals surface area contributed by atoms with E-state index in [1.807, 2.05) is 20.8 Å². The number of hydrogen-bond acceptors (Lipinski definition) is 4. The smallest absolute Gasteiger partial charge is 0.416 e. The van der Waals surface area contributed by atoms with Crippen LogP contribution in [0.1, 0.15) is 59.8 Å². The zero-order chi connectivity index (χ0) is 26.4. The zero-order valence-electron chi connectivity index (χ0n) is 21.7. The van der Waals surface area contributed by atoms with Crippen LogP contribution in [0.4, 0.5) is 13.2 Å². The molecular formula is C28H39F3N2O2. The number of aromatic hydroxyl groups is 1. The van der Waals surface area contributed by atoms with Crippen molar-refractivity contribution >= 4 is 0 Å². The average molecular weight is 493 g/mol. The molecule has 0 saturated carbocycles. The van der Waals surface area contributed by atoms with Crippen LogP contribution in [0.2, 0.25) is 0 Å². The second-order valence-corrected chi connectivity index (χ2v) is 8.29. The Morgan fingerprint density at radius 1 is 1.23 bits per heavy atom. The molecule has 1 fully saturated rings. The van der Waals surface area contributed by atoms with Crippen LogP contribution in [-0.2, 0) is 0 Å². The normalized spacial score (nSPS) is 17.3. The molecule has 0 amide bonds. The van der Waals surface area contributed by atoms with Crippen LogP contribution in [0.5, 0.6) is 11.6 Å². The first kappa shape index (κ1) is 30.1. The van der Waals surface area contributed by atoms with E-state index < -0.39 is 11.7 Å². The number of alkyl halides is 3. The molecule has 194 valence electrons. The lowest BCUT2D eigenvalue weighted by atomic mass is 9.93. The number of pyridine rings is 1. The summed E-state index contributed by atoms with van der Waals surface area (Å²) < 4.78 is 44.9. The van der Waals surface area contributed by atoms with Gasteiger partial charge in [0, 0.05) is 25.4 Å². The van der Waals surface area contributed by atoms with Gasteiger partial charge in [-0.3, -0.25) is 0 Å². The van der Waals surface area contributed by atoms with Gasteiger partial charge in [-0.05, 0) is 75.3 Å². The van der Waals surface area contributed by atoms with Gasteiger partial charge in [0.25, 0.3) is 0 Å². The Morgan fingerprint density at radius 2 is 1.94 bits per heavy atom. The minimum Gasteiger partial charge on any atom is -0.506 e. The number of piperidine rings is 1. The summed E-state index contributed by atoms with van der Waals surface area (Å²) >= 11 is 0. The quantitative estimate of drug-likeness (QED) is 0.393. The summed E-state index contributed by atoms with van der Waals surface area (Å²) in [5.74, 6) is 0.656. The van der Waals surface area contributed by atoms with E-state index in [-0.39, 0.29) is 5.75 Å². The second kappa shape index (κ2) is 15.1. The highest BCUT2D eigenvalue weighted by Crippen LogP contribution is 2.32.